The van der Waals surface area contributed by atoms with Gasteiger partial charge in [0.25, 0.3) is 0 Å². The van der Waals surface area contributed by atoms with E-state index in [9.17, 15) is 14.7 Å². The van der Waals surface area contributed by atoms with Crippen LogP contribution in [0, 0.1) is 13.8 Å². The lowest BCUT2D eigenvalue weighted by molar-refractivity contribution is -0.171. The third kappa shape index (κ3) is 2.46. The summed E-state index contributed by atoms with van der Waals surface area (Å²) in [4.78, 5) is 24.4. The first-order valence-corrected chi connectivity index (χ1v) is 6.09. The molecule has 1 aliphatic heterocycles. The van der Waals surface area contributed by atoms with Crippen molar-refractivity contribution < 1.29 is 19.4 Å². The van der Waals surface area contributed by atoms with Crippen LogP contribution >= 0.6 is 0 Å². The molecular weight excluding hydrogens is 246 g/mol. The van der Waals surface area contributed by atoms with Gasteiger partial charge in [-0.3, -0.25) is 4.79 Å². The lowest BCUT2D eigenvalue weighted by atomic mass is 9.95. The van der Waals surface area contributed by atoms with Gasteiger partial charge in [-0.25, -0.2) is 4.79 Å². The number of carboxylic acids is 1. The van der Waals surface area contributed by atoms with Crippen molar-refractivity contribution in [3.8, 4) is 0 Å². The lowest BCUT2D eigenvalue weighted by Gasteiger charge is -2.37. The molecule has 0 aliphatic carbocycles. The van der Waals surface area contributed by atoms with E-state index in [4.69, 9.17) is 4.74 Å². The SMILES string of the molecule is Cc1ccc(C2C(C(=O)O)OCC(=O)N2C)cc1C. The normalized spacial score (nSPS) is 23.5. The van der Waals surface area contributed by atoms with Gasteiger partial charge in [0.15, 0.2) is 6.10 Å². The fraction of sp³-hybridized carbons (Fsp3) is 0.429. The van der Waals surface area contributed by atoms with Crippen molar-refractivity contribution in [2.24, 2.45) is 0 Å². The number of carboxylic acid groups (broad SMARTS) is 1. The van der Waals surface area contributed by atoms with E-state index in [0.29, 0.717) is 0 Å². The summed E-state index contributed by atoms with van der Waals surface area (Å²) < 4.78 is 5.17. The number of nitrogens with zero attached hydrogens (tertiary/aromatic N) is 1. The quantitative estimate of drug-likeness (QED) is 0.873. The van der Waals surface area contributed by atoms with E-state index in [1.165, 1.54) is 4.90 Å². The Kier molecular flexibility index (Phi) is 3.57. The van der Waals surface area contributed by atoms with Crippen LogP contribution in [-0.2, 0) is 14.3 Å². The van der Waals surface area contributed by atoms with Crippen LogP contribution in [0.1, 0.15) is 22.7 Å². The molecule has 2 unspecified atom stereocenters. The number of likely N-dealkylation sites (N-methyl/N-ethyl adjacent to an activating group) is 1. The van der Waals surface area contributed by atoms with Crippen molar-refractivity contribution >= 4 is 11.9 Å². The molecule has 1 N–H and O–H groups in total. The summed E-state index contributed by atoms with van der Waals surface area (Å²) in [6.45, 7) is 3.76. The molecule has 2 rings (SSSR count). The van der Waals surface area contributed by atoms with Crippen LogP contribution in [0.15, 0.2) is 18.2 Å². The molecule has 1 aromatic carbocycles. The van der Waals surface area contributed by atoms with Crippen LogP contribution < -0.4 is 0 Å². The summed E-state index contributed by atoms with van der Waals surface area (Å²) in [5.41, 5.74) is 2.97. The van der Waals surface area contributed by atoms with Crippen LogP contribution in [0.5, 0.6) is 0 Å². The van der Waals surface area contributed by atoms with Gasteiger partial charge in [-0.05, 0) is 30.5 Å². The number of aliphatic carboxylic acids is 1. The van der Waals surface area contributed by atoms with Crippen LogP contribution in [0.2, 0.25) is 0 Å². The van der Waals surface area contributed by atoms with Gasteiger partial charge in [0.2, 0.25) is 5.91 Å². The number of rotatable bonds is 2. The average molecular weight is 263 g/mol. The van der Waals surface area contributed by atoms with Crippen molar-refractivity contribution in [3.63, 3.8) is 0 Å². The summed E-state index contributed by atoms with van der Waals surface area (Å²) in [5, 5.41) is 9.23. The van der Waals surface area contributed by atoms with Gasteiger partial charge in [-0.1, -0.05) is 18.2 Å². The number of morpholine rings is 1. The van der Waals surface area contributed by atoms with E-state index in [1.54, 1.807) is 7.05 Å². The molecule has 2 atom stereocenters. The van der Waals surface area contributed by atoms with Crippen molar-refractivity contribution in [1.82, 2.24) is 4.90 Å². The molecule has 102 valence electrons. The molecule has 0 radical (unpaired) electrons. The van der Waals surface area contributed by atoms with Gasteiger partial charge >= 0.3 is 5.97 Å². The van der Waals surface area contributed by atoms with Gasteiger partial charge in [0.1, 0.15) is 6.61 Å². The third-order valence-corrected chi connectivity index (χ3v) is 3.60. The predicted octanol–water partition coefficient (Wildman–Crippen LogP) is 1.29. The fourth-order valence-electron chi connectivity index (χ4n) is 2.27. The van der Waals surface area contributed by atoms with E-state index in [-0.39, 0.29) is 12.5 Å². The zero-order valence-electron chi connectivity index (χ0n) is 11.2. The largest absolute Gasteiger partial charge is 0.479 e. The standard InChI is InChI=1S/C14H17NO4/c1-8-4-5-10(6-9(8)2)12-13(14(17)18)19-7-11(16)15(12)3/h4-6,12-13H,7H2,1-3H3,(H,17,18). The van der Waals surface area contributed by atoms with Crippen molar-refractivity contribution in [3.05, 3.63) is 34.9 Å². The minimum atomic E-state index is -1.05. The van der Waals surface area contributed by atoms with Crippen LogP contribution in [0.3, 0.4) is 0 Å². The Morgan fingerprint density at radius 2 is 2.05 bits per heavy atom. The maximum atomic E-state index is 11.7. The van der Waals surface area contributed by atoms with E-state index in [0.717, 1.165) is 16.7 Å². The molecule has 1 amide bonds. The summed E-state index contributed by atoms with van der Waals surface area (Å²) >= 11 is 0. The minimum Gasteiger partial charge on any atom is -0.479 e. The van der Waals surface area contributed by atoms with Crippen molar-refractivity contribution in [2.75, 3.05) is 13.7 Å². The lowest BCUT2D eigenvalue weighted by Crippen LogP contribution is -2.50. The highest BCUT2D eigenvalue weighted by Gasteiger charge is 2.40. The first kappa shape index (κ1) is 13.5. The van der Waals surface area contributed by atoms with Crippen molar-refractivity contribution in [2.45, 2.75) is 26.0 Å². The van der Waals surface area contributed by atoms with E-state index in [1.807, 2.05) is 32.0 Å². The van der Waals surface area contributed by atoms with Gasteiger partial charge in [0, 0.05) is 7.05 Å². The number of carbonyl (C=O) groups is 2. The van der Waals surface area contributed by atoms with E-state index < -0.39 is 18.1 Å². The van der Waals surface area contributed by atoms with E-state index >= 15 is 0 Å². The second kappa shape index (κ2) is 5.01. The molecule has 0 aromatic heterocycles. The fourth-order valence-corrected chi connectivity index (χ4v) is 2.27. The number of carbonyl (C=O) groups excluding carboxylic acids is 1. The molecule has 1 aromatic rings. The Bertz CT molecular complexity index is 526. The molecule has 1 fully saturated rings. The van der Waals surface area contributed by atoms with Gasteiger partial charge in [0.05, 0.1) is 6.04 Å². The van der Waals surface area contributed by atoms with Gasteiger partial charge < -0.3 is 14.7 Å². The topological polar surface area (TPSA) is 66.8 Å². The molecule has 0 saturated carbocycles. The number of amides is 1. The number of ether oxygens (including phenoxy) is 1. The Balaban J connectivity index is 2.43. The second-order valence-corrected chi connectivity index (χ2v) is 4.86. The molecule has 1 aliphatic rings. The maximum Gasteiger partial charge on any atom is 0.335 e. The number of hydrogen-bond donors (Lipinski definition) is 1. The summed E-state index contributed by atoms with van der Waals surface area (Å²) in [6.07, 6.45) is -1.02. The van der Waals surface area contributed by atoms with E-state index in [2.05, 4.69) is 0 Å². The van der Waals surface area contributed by atoms with Gasteiger partial charge in [-0.2, -0.15) is 0 Å². The molecule has 5 nitrogen and oxygen atoms in total. The number of aryl methyl sites for hydroxylation is 2. The highest BCUT2D eigenvalue weighted by Crippen LogP contribution is 2.30. The van der Waals surface area contributed by atoms with Gasteiger partial charge in [-0.15, -0.1) is 0 Å². The summed E-state index contributed by atoms with van der Waals surface area (Å²) in [7, 11) is 1.61. The molecule has 19 heavy (non-hydrogen) atoms. The highest BCUT2D eigenvalue weighted by atomic mass is 16.5. The molecule has 0 spiro atoms. The Labute approximate surface area is 111 Å². The second-order valence-electron chi connectivity index (χ2n) is 4.86. The monoisotopic (exact) mass is 263 g/mol. The van der Waals surface area contributed by atoms with Crippen molar-refractivity contribution in [1.29, 1.82) is 0 Å². The number of benzene rings is 1. The molecule has 1 heterocycles. The Morgan fingerprint density at radius 1 is 1.37 bits per heavy atom. The smallest absolute Gasteiger partial charge is 0.335 e. The van der Waals surface area contributed by atoms with Crippen LogP contribution in [-0.4, -0.2) is 41.6 Å². The average Bonchev–Trinajstić information content (AvgIpc) is 2.35. The molecule has 0 bridgehead atoms. The minimum absolute atomic E-state index is 0.186. The first-order chi connectivity index (χ1) is 8.91. The summed E-state index contributed by atoms with van der Waals surface area (Å²) in [6, 6.07) is 5.10. The first-order valence-electron chi connectivity index (χ1n) is 6.09. The molecule has 1 saturated heterocycles. The highest BCUT2D eigenvalue weighted by molar-refractivity contribution is 5.82. The number of hydrogen-bond acceptors (Lipinski definition) is 3. The van der Waals surface area contributed by atoms with Crippen LogP contribution in [0.4, 0.5) is 0 Å². The zero-order valence-corrected chi connectivity index (χ0v) is 11.2. The summed E-state index contributed by atoms with van der Waals surface area (Å²) in [5.74, 6) is -1.26. The Hall–Kier alpha value is -1.88. The zero-order chi connectivity index (χ0) is 14.2. The Morgan fingerprint density at radius 3 is 2.63 bits per heavy atom. The maximum absolute atomic E-state index is 11.7. The van der Waals surface area contributed by atoms with Crippen LogP contribution in [0.25, 0.3) is 0 Å². The molecular formula is C14H17NO4. The predicted molar refractivity (Wildman–Crippen MR) is 68.8 cm³/mol. The molecule has 5 heteroatoms. The third-order valence-electron chi connectivity index (χ3n) is 3.60.